The van der Waals surface area contributed by atoms with Crippen molar-refractivity contribution in [1.29, 1.82) is 0 Å². The van der Waals surface area contributed by atoms with E-state index in [4.69, 9.17) is 17.2 Å². The monoisotopic (exact) mass is 569 g/mol. The molecule has 0 amide bonds. The van der Waals surface area contributed by atoms with E-state index in [9.17, 15) is 48.5 Å². The average Bonchev–Trinajstić information content (AvgIpc) is 2.75. The van der Waals surface area contributed by atoms with Crippen LogP contribution in [0.3, 0.4) is 0 Å². The number of hydrogen-bond donors (Lipinski definition) is 6. The molecule has 1 aliphatic carbocycles. The van der Waals surface area contributed by atoms with Gasteiger partial charge in [0.1, 0.15) is 14.7 Å². The molecule has 1 aliphatic rings. The maximum Gasteiger partial charge on any atom is 0.298 e. The highest BCUT2D eigenvalue weighted by molar-refractivity contribution is 7.86. The van der Waals surface area contributed by atoms with E-state index < -0.39 is 95.8 Å². The number of fused-ring (bicyclic) bond motifs is 2. The molecule has 17 heteroatoms. The molecule has 194 valence electrons. The van der Waals surface area contributed by atoms with Crippen molar-refractivity contribution in [2.45, 2.75) is 14.7 Å². The van der Waals surface area contributed by atoms with Gasteiger partial charge < -0.3 is 17.2 Å². The molecule has 0 radical (unpaired) electrons. The number of carbonyl (C=O) groups is 2. The van der Waals surface area contributed by atoms with Crippen LogP contribution in [-0.2, 0) is 30.4 Å². The van der Waals surface area contributed by atoms with E-state index in [1.165, 1.54) is 24.3 Å². The van der Waals surface area contributed by atoms with Crippen molar-refractivity contribution in [2.75, 3.05) is 17.2 Å². The van der Waals surface area contributed by atoms with Gasteiger partial charge in [0.25, 0.3) is 30.4 Å². The first-order valence-electron chi connectivity index (χ1n) is 9.67. The molecule has 0 aliphatic heterocycles. The van der Waals surface area contributed by atoms with E-state index in [1.807, 2.05) is 0 Å². The second kappa shape index (κ2) is 8.07. The van der Waals surface area contributed by atoms with Gasteiger partial charge in [-0.25, -0.2) is 0 Å². The molecular formula is C20H15N3O11S3. The minimum Gasteiger partial charge on any atom is -0.399 e. The Kier molecular flexibility index (Phi) is 5.71. The first-order valence-corrected chi connectivity index (χ1v) is 14.0. The highest BCUT2D eigenvalue weighted by Crippen LogP contribution is 2.47. The largest absolute Gasteiger partial charge is 0.399 e. The van der Waals surface area contributed by atoms with Crippen LogP contribution >= 0.6 is 0 Å². The summed E-state index contributed by atoms with van der Waals surface area (Å²) in [7, 11) is -15.8. The summed E-state index contributed by atoms with van der Waals surface area (Å²) in [5.74, 6) is -2.92. The quantitative estimate of drug-likeness (QED) is 0.145. The highest BCUT2D eigenvalue weighted by atomic mass is 32.2. The number of anilines is 3. The van der Waals surface area contributed by atoms with Gasteiger partial charge in [-0.05, 0) is 29.8 Å². The van der Waals surface area contributed by atoms with E-state index in [0.717, 1.165) is 0 Å². The fraction of sp³-hybridized carbons (Fsp3) is 0. The summed E-state index contributed by atoms with van der Waals surface area (Å²) in [4.78, 5) is 23.8. The molecule has 0 unspecified atom stereocenters. The number of carbonyl (C=O) groups excluding carboxylic acids is 2. The van der Waals surface area contributed by atoms with Crippen LogP contribution < -0.4 is 17.2 Å². The van der Waals surface area contributed by atoms with Gasteiger partial charge in [0.05, 0.1) is 28.1 Å². The normalized spacial score (nSPS) is 13.8. The Morgan fingerprint density at radius 1 is 0.514 bits per heavy atom. The van der Waals surface area contributed by atoms with Crippen LogP contribution in [0.1, 0.15) is 31.8 Å². The Bertz CT molecular complexity index is 1900. The van der Waals surface area contributed by atoms with Crippen LogP contribution in [0.4, 0.5) is 17.1 Å². The van der Waals surface area contributed by atoms with Gasteiger partial charge in [0, 0.05) is 16.8 Å². The summed E-state index contributed by atoms with van der Waals surface area (Å²) < 4.78 is 102. The van der Waals surface area contributed by atoms with Gasteiger partial charge in [0.2, 0.25) is 0 Å². The van der Waals surface area contributed by atoms with Crippen molar-refractivity contribution >= 4 is 59.0 Å². The van der Waals surface area contributed by atoms with Crippen molar-refractivity contribution < 1.29 is 48.5 Å². The Morgan fingerprint density at radius 2 is 0.919 bits per heavy atom. The summed E-state index contributed by atoms with van der Waals surface area (Å²) in [6.45, 7) is 0. The zero-order chi connectivity index (χ0) is 27.8. The smallest absolute Gasteiger partial charge is 0.298 e. The summed E-state index contributed by atoms with van der Waals surface area (Å²) in [5.41, 5.74) is 11.4. The molecule has 3 aromatic carbocycles. The molecule has 14 nitrogen and oxygen atoms in total. The second-order valence-corrected chi connectivity index (χ2v) is 11.9. The minimum absolute atomic E-state index is 0.0308. The van der Waals surface area contributed by atoms with Crippen molar-refractivity contribution in [3.8, 4) is 11.1 Å². The van der Waals surface area contributed by atoms with Crippen LogP contribution in [0, 0.1) is 0 Å². The van der Waals surface area contributed by atoms with Crippen LogP contribution in [0.15, 0.2) is 51.1 Å². The number of rotatable bonds is 4. The van der Waals surface area contributed by atoms with Crippen molar-refractivity contribution in [1.82, 2.24) is 0 Å². The van der Waals surface area contributed by atoms with E-state index >= 15 is 0 Å². The lowest BCUT2D eigenvalue weighted by atomic mass is 9.79. The number of benzene rings is 3. The third kappa shape index (κ3) is 4.02. The SMILES string of the molecule is Nc1ccc(-c2c(N)c(S(=O)(=O)O)c(N)c3c2C(=O)c2c(S(=O)(=O)O)ccc(S(=O)(=O)O)c2C3=O)cc1. The van der Waals surface area contributed by atoms with Gasteiger partial charge in [-0.1, -0.05) is 12.1 Å². The van der Waals surface area contributed by atoms with Gasteiger partial charge in [-0.15, -0.1) is 0 Å². The summed E-state index contributed by atoms with van der Waals surface area (Å²) in [5, 5.41) is 0. The molecule has 37 heavy (non-hydrogen) atoms. The van der Waals surface area contributed by atoms with E-state index in [1.54, 1.807) is 0 Å². The molecule has 0 saturated heterocycles. The topological polar surface area (TPSA) is 275 Å². The van der Waals surface area contributed by atoms with Crippen LogP contribution in [0.2, 0.25) is 0 Å². The summed E-state index contributed by atoms with van der Waals surface area (Å²) in [6.07, 6.45) is 0. The maximum absolute atomic E-state index is 13.8. The van der Waals surface area contributed by atoms with Gasteiger partial charge in [-0.2, -0.15) is 25.3 Å². The predicted molar refractivity (Wildman–Crippen MR) is 128 cm³/mol. The lowest BCUT2D eigenvalue weighted by Gasteiger charge is -2.26. The van der Waals surface area contributed by atoms with Gasteiger partial charge in [-0.3, -0.25) is 23.2 Å². The summed E-state index contributed by atoms with van der Waals surface area (Å²) in [6, 6.07) is 6.08. The summed E-state index contributed by atoms with van der Waals surface area (Å²) >= 11 is 0. The molecule has 0 atom stereocenters. The molecule has 0 saturated carbocycles. The van der Waals surface area contributed by atoms with Gasteiger partial charge in [0.15, 0.2) is 11.6 Å². The Morgan fingerprint density at radius 3 is 1.32 bits per heavy atom. The highest BCUT2D eigenvalue weighted by Gasteiger charge is 2.44. The Labute approximate surface area is 208 Å². The third-order valence-corrected chi connectivity index (χ3v) is 8.33. The molecule has 0 bridgehead atoms. The Balaban J connectivity index is 2.32. The molecule has 4 rings (SSSR count). The zero-order valence-electron chi connectivity index (χ0n) is 18.0. The van der Waals surface area contributed by atoms with Crippen molar-refractivity contribution in [2.24, 2.45) is 0 Å². The lowest BCUT2D eigenvalue weighted by molar-refractivity contribution is 0.0975. The van der Waals surface area contributed by atoms with Crippen molar-refractivity contribution in [3.05, 3.63) is 58.7 Å². The third-order valence-electron chi connectivity index (χ3n) is 5.58. The van der Waals surface area contributed by atoms with E-state index in [2.05, 4.69) is 0 Å². The number of hydrogen-bond acceptors (Lipinski definition) is 11. The number of nitrogen functional groups attached to an aromatic ring is 3. The number of nitrogens with two attached hydrogens (primary N) is 3. The standard InChI is InChI=1S/C20H15N3O11S3/c21-8-3-1-7(2-4-8)11-14-15(17(23)20(16(11)22)37(32,33)34)19(25)13-10(36(29,30)31)6-5-9(35(26,27)28)12(13)18(14)24/h1-6H,21-23H2,(H,26,27,28)(H,29,30,31)(H,32,33,34). The molecule has 3 aromatic rings. The van der Waals surface area contributed by atoms with E-state index in [-0.39, 0.29) is 11.3 Å². The first-order chi connectivity index (χ1) is 16.9. The average molecular weight is 570 g/mol. The fourth-order valence-electron chi connectivity index (χ4n) is 4.15. The fourth-order valence-corrected chi connectivity index (χ4v) is 6.30. The van der Waals surface area contributed by atoms with Crippen LogP contribution in [0.5, 0.6) is 0 Å². The maximum atomic E-state index is 13.8. The molecule has 0 heterocycles. The molecule has 0 fully saturated rings. The second-order valence-electron chi connectivity index (χ2n) is 7.80. The molecular weight excluding hydrogens is 554 g/mol. The van der Waals surface area contributed by atoms with Crippen LogP contribution in [0.25, 0.3) is 11.1 Å². The first kappa shape index (κ1) is 26.2. The molecule has 9 N–H and O–H groups in total. The zero-order valence-corrected chi connectivity index (χ0v) is 20.5. The number of ketones is 2. The lowest BCUT2D eigenvalue weighted by Crippen LogP contribution is -2.29. The minimum atomic E-state index is -5.29. The van der Waals surface area contributed by atoms with Crippen LogP contribution in [-0.4, -0.2) is 50.5 Å². The van der Waals surface area contributed by atoms with Gasteiger partial charge >= 0.3 is 0 Å². The van der Waals surface area contributed by atoms with Crippen molar-refractivity contribution in [3.63, 3.8) is 0 Å². The molecule has 0 spiro atoms. The Hall–Kier alpha value is -3.87. The van der Waals surface area contributed by atoms with E-state index in [0.29, 0.717) is 12.1 Å². The molecule has 0 aromatic heterocycles. The predicted octanol–water partition coefficient (Wildman–Crippen LogP) is 0.616.